The van der Waals surface area contributed by atoms with Gasteiger partial charge in [0.05, 0.1) is 12.9 Å². The van der Waals surface area contributed by atoms with Crippen molar-refractivity contribution in [3.8, 4) is 5.75 Å². The Morgan fingerprint density at radius 3 is 2.89 bits per heavy atom. The topological polar surface area (TPSA) is 60.4 Å². The van der Waals surface area contributed by atoms with Crippen molar-refractivity contribution in [2.75, 3.05) is 6.61 Å². The molecule has 0 saturated heterocycles. The van der Waals surface area contributed by atoms with Crippen molar-refractivity contribution in [3.05, 3.63) is 54.0 Å². The van der Waals surface area contributed by atoms with Gasteiger partial charge in [-0.1, -0.05) is 12.1 Å². The van der Waals surface area contributed by atoms with Crippen LogP contribution < -0.4 is 16.0 Å². The molecule has 3 N–H and O–H groups in total. The highest BCUT2D eigenvalue weighted by Gasteiger charge is 2.09. The lowest BCUT2D eigenvalue weighted by Gasteiger charge is -2.15. The van der Waals surface area contributed by atoms with E-state index >= 15 is 0 Å². The summed E-state index contributed by atoms with van der Waals surface area (Å²) in [5, 5.41) is 0. The lowest BCUT2D eigenvalue weighted by molar-refractivity contribution is 0.281. The first kappa shape index (κ1) is 13.6. The molecule has 1 unspecified atom stereocenters. The van der Waals surface area contributed by atoms with Crippen molar-refractivity contribution in [3.63, 3.8) is 0 Å². The van der Waals surface area contributed by atoms with Crippen molar-refractivity contribution in [2.24, 2.45) is 5.84 Å². The molecule has 0 aliphatic heterocycles. The van der Waals surface area contributed by atoms with Crippen LogP contribution >= 0.6 is 0 Å². The maximum Gasteiger partial charge on any atom is 0.119 e. The molecule has 1 aromatic carbocycles. The summed E-state index contributed by atoms with van der Waals surface area (Å²) in [5.74, 6) is 7.37. The maximum atomic E-state index is 5.71. The van der Waals surface area contributed by atoms with Crippen LogP contribution in [0.1, 0.15) is 17.7 Å². The Kier molecular flexibility index (Phi) is 5.01. The smallest absolute Gasteiger partial charge is 0.119 e. The van der Waals surface area contributed by atoms with Crippen LogP contribution in [0.4, 0.5) is 0 Å². The third kappa shape index (κ3) is 4.43. The van der Waals surface area contributed by atoms with Gasteiger partial charge in [0.1, 0.15) is 11.5 Å². The van der Waals surface area contributed by atoms with Gasteiger partial charge in [-0.3, -0.25) is 11.3 Å². The van der Waals surface area contributed by atoms with Gasteiger partial charge in [-0.2, -0.15) is 0 Å². The average Bonchev–Trinajstić information content (AvgIpc) is 2.90. The summed E-state index contributed by atoms with van der Waals surface area (Å²) < 4.78 is 11.0. The molecule has 0 saturated carbocycles. The zero-order valence-corrected chi connectivity index (χ0v) is 11.1. The summed E-state index contributed by atoms with van der Waals surface area (Å²) in [6.07, 6.45) is 3.26. The Bertz CT molecular complexity index is 483. The van der Waals surface area contributed by atoms with E-state index < -0.39 is 0 Å². The molecule has 2 aromatic rings. The van der Waals surface area contributed by atoms with E-state index in [9.17, 15) is 0 Å². The van der Waals surface area contributed by atoms with Crippen molar-refractivity contribution < 1.29 is 9.15 Å². The van der Waals surface area contributed by atoms with Gasteiger partial charge in [0.15, 0.2) is 0 Å². The first-order valence-corrected chi connectivity index (χ1v) is 6.46. The van der Waals surface area contributed by atoms with Crippen LogP contribution in [0.2, 0.25) is 0 Å². The number of rotatable bonds is 7. The van der Waals surface area contributed by atoms with E-state index in [1.54, 1.807) is 6.26 Å². The molecule has 102 valence electrons. The molecule has 0 amide bonds. The summed E-state index contributed by atoms with van der Waals surface area (Å²) in [4.78, 5) is 0. The van der Waals surface area contributed by atoms with Crippen LogP contribution in [0.25, 0.3) is 0 Å². The zero-order chi connectivity index (χ0) is 13.5. The number of benzene rings is 1. The van der Waals surface area contributed by atoms with E-state index in [0.717, 1.165) is 24.4 Å². The number of ether oxygens (including phenoxy) is 1. The van der Waals surface area contributed by atoms with Crippen molar-refractivity contribution >= 4 is 0 Å². The number of aryl methyl sites for hydroxylation is 1. The fourth-order valence-corrected chi connectivity index (χ4v) is 1.94. The van der Waals surface area contributed by atoms with E-state index in [4.69, 9.17) is 15.0 Å². The number of hydrogen-bond acceptors (Lipinski definition) is 4. The second-order valence-corrected chi connectivity index (χ2v) is 4.60. The average molecular weight is 260 g/mol. The maximum absolute atomic E-state index is 5.71. The monoisotopic (exact) mass is 260 g/mol. The number of hydrogen-bond donors (Lipinski definition) is 2. The van der Waals surface area contributed by atoms with Crippen LogP contribution in [0.3, 0.4) is 0 Å². The molecule has 2 rings (SSSR count). The van der Waals surface area contributed by atoms with E-state index in [1.165, 1.54) is 5.56 Å². The molecule has 0 bridgehead atoms. The second kappa shape index (κ2) is 6.97. The minimum atomic E-state index is 0.149. The van der Waals surface area contributed by atoms with Gasteiger partial charge in [0.25, 0.3) is 0 Å². The molecule has 1 atom stereocenters. The molecule has 0 radical (unpaired) electrons. The molecule has 19 heavy (non-hydrogen) atoms. The lowest BCUT2D eigenvalue weighted by atomic mass is 10.1. The SMILES string of the molecule is Cc1cccc(OCCC(Cc2ccco2)NN)c1. The Morgan fingerprint density at radius 1 is 1.32 bits per heavy atom. The number of nitrogens with two attached hydrogens (primary N) is 1. The number of nitrogens with one attached hydrogen (secondary N) is 1. The molecular weight excluding hydrogens is 240 g/mol. The van der Waals surface area contributed by atoms with Gasteiger partial charge in [-0.25, -0.2) is 0 Å². The Hall–Kier alpha value is -1.78. The van der Waals surface area contributed by atoms with Gasteiger partial charge >= 0.3 is 0 Å². The van der Waals surface area contributed by atoms with Crippen LogP contribution in [0.5, 0.6) is 5.75 Å². The molecular formula is C15H20N2O2. The van der Waals surface area contributed by atoms with Crippen LogP contribution in [0.15, 0.2) is 47.1 Å². The van der Waals surface area contributed by atoms with Gasteiger partial charge < -0.3 is 9.15 Å². The predicted molar refractivity (Wildman–Crippen MR) is 74.8 cm³/mol. The zero-order valence-electron chi connectivity index (χ0n) is 11.1. The highest BCUT2D eigenvalue weighted by atomic mass is 16.5. The molecule has 1 heterocycles. The Labute approximate surface area is 113 Å². The molecule has 0 spiro atoms. The third-order valence-corrected chi connectivity index (χ3v) is 2.99. The highest BCUT2D eigenvalue weighted by Crippen LogP contribution is 2.13. The summed E-state index contributed by atoms with van der Waals surface area (Å²) in [6, 6.07) is 12.0. The predicted octanol–water partition coefficient (Wildman–Crippen LogP) is 2.43. The number of hydrazine groups is 1. The Balaban J connectivity index is 1.77. The molecule has 0 aliphatic carbocycles. The van der Waals surface area contributed by atoms with Crippen molar-refractivity contribution in [2.45, 2.75) is 25.8 Å². The summed E-state index contributed by atoms with van der Waals surface area (Å²) in [5.41, 5.74) is 3.99. The highest BCUT2D eigenvalue weighted by molar-refractivity contribution is 5.27. The second-order valence-electron chi connectivity index (χ2n) is 4.60. The van der Waals surface area contributed by atoms with Crippen LogP contribution in [-0.4, -0.2) is 12.6 Å². The van der Waals surface area contributed by atoms with E-state index in [-0.39, 0.29) is 6.04 Å². The van der Waals surface area contributed by atoms with Crippen LogP contribution in [0, 0.1) is 6.92 Å². The molecule has 4 nitrogen and oxygen atoms in total. The van der Waals surface area contributed by atoms with Crippen molar-refractivity contribution in [1.29, 1.82) is 0 Å². The lowest BCUT2D eigenvalue weighted by Crippen LogP contribution is -2.37. The fraction of sp³-hybridized carbons (Fsp3) is 0.333. The third-order valence-electron chi connectivity index (χ3n) is 2.99. The van der Waals surface area contributed by atoms with Crippen molar-refractivity contribution in [1.82, 2.24) is 5.43 Å². The van der Waals surface area contributed by atoms with E-state index in [1.807, 2.05) is 43.3 Å². The quantitative estimate of drug-likeness (QED) is 0.593. The van der Waals surface area contributed by atoms with Gasteiger partial charge in [-0.15, -0.1) is 0 Å². The fourth-order valence-electron chi connectivity index (χ4n) is 1.94. The number of furan rings is 1. The minimum Gasteiger partial charge on any atom is -0.494 e. The summed E-state index contributed by atoms with van der Waals surface area (Å²) >= 11 is 0. The molecule has 0 fully saturated rings. The van der Waals surface area contributed by atoms with E-state index in [0.29, 0.717) is 6.61 Å². The molecule has 4 heteroatoms. The standard InChI is InChI=1S/C15H20N2O2/c1-12-4-2-5-14(10-12)19-9-7-13(17-16)11-15-6-3-8-18-15/h2-6,8,10,13,17H,7,9,11,16H2,1H3. The minimum absolute atomic E-state index is 0.149. The van der Waals surface area contributed by atoms with Gasteiger partial charge in [0, 0.05) is 12.5 Å². The largest absolute Gasteiger partial charge is 0.494 e. The first-order chi connectivity index (χ1) is 9.28. The first-order valence-electron chi connectivity index (χ1n) is 6.46. The summed E-state index contributed by atoms with van der Waals surface area (Å²) in [6.45, 7) is 2.67. The molecule has 0 aliphatic rings. The normalized spacial score (nSPS) is 12.3. The Morgan fingerprint density at radius 2 is 2.21 bits per heavy atom. The van der Waals surface area contributed by atoms with E-state index in [2.05, 4.69) is 5.43 Å². The van der Waals surface area contributed by atoms with Gasteiger partial charge in [0.2, 0.25) is 0 Å². The summed E-state index contributed by atoms with van der Waals surface area (Å²) in [7, 11) is 0. The van der Waals surface area contributed by atoms with Crippen LogP contribution in [-0.2, 0) is 6.42 Å². The molecule has 1 aromatic heterocycles. The van der Waals surface area contributed by atoms with Gasteiger partial charge in [-0.05, 0) is 43.2 Å².